The molecule has 5 aromatic rings. The number of aliphatic imine (C=N–C) groups is 1. The Morgan fingerprint density at radius 1 is 1.03 bits per heavy atom. The summed E-state index contributed by atoms with van der Waals surface area (Å²) < 4.78 is 3.46. The molecule has 4 heterocycles. The molecular weight excluding hydrogens is 476 g/mol. The highest BCUT2D eigenvalue weighted by atomic mass is 32.1. The first-order chi connectivity index (χ1) is 17.6. The first kappa shape index (κ1) is 21.9. The Bertz CT molecular complexity index is 1650. The van der Waals surface area contributed by atoms with Crippen LogP contribution in [-0.4, -0.2) is 42.0 Å². The summed E-state index contributed by atoms with van der Waals surface area (Å²) in [4.78, 5) is 29.5. The molecule has 178 valence electrons. The van der Waals surface area contributed by atoms with E-state index in [-0.39, 0.29) is 24.7 Å². The molecule has 0 fully saturated rings. The van der Waals surface area contributed by atoms with Crippen molar-refractivity contribution in [2.24, 2.45) is 4.99 Å². The molecule has 0 spiro atoms. The van der Waals surface area contributed by atoms with Crippen molar-refractivity contribution in [2.45, 2.75) is 19.6 Å². The van der Waals surface area contributed by atoms with Crippen molar-refractivity contribution in [1.82, 2.24) is 24.6 Å². The molecule has 0 bridgehead atoms. The Morgan fingerprint density at radius 2 is 1.83 bits per heavy atom. The fourth-order valence-electron chi connectivity index (χ4n) is 4.49. The predicted molar refractivity (Wildman–Crippen MR) is 136 cm³/mol. The highest BCUT2D eigenvalue weighted by molar-refractivity contribution is 7.13. The van der Waals surface area contributed by atoms with E-state index in [4.69, 9.17) is 4.99 Å². The summed E-state index contributed by atoms with van der Waals surface area (Å²) in [6.45, 7) is 0.173. The minimum atomic E-state index is -1.02. The Hall–Kier alpha value is -4.57. The smallest absolute Gasteiger partial charge is 0.323 e. The van der Waals surface area contributed by atoms with Gasteiger partial charge in [-0.15, -0.1) is 21.5 Å². The largest absolute Gasteiger partial charge is 0.480 e. The number of aromatic nitrogens is 4. The number of benzene rings is 2. The van der Waals surface area contributed by atoms with E-state index in [0.717, 1.165) is 27.2 Å². The maximum absolute atomic E-state index is 13.2. The summed E-state index contributed by atoms with van der Waals surface area (Å²) in [5.74, 6) is -0.139. The maximum Gasteiger partial charge on any atom is 0.323 e. The van der Waals surface area contributed by atoms with Gasteiger partial charge in [-0.1, -0.05) is 48.5 Å². The van der Waals surface area contributed by atoms with Gasteiger partial charge in [-0.05, 0) is 23.6 Å². The molecule has 0 atom stereocenters. The average Bonchev–Trinajstić information content (AvgIpc) is 3.59. The fraction of sp³-hybridized carbons (Fsp3) is 0.115. The summed E-state index contributed by atoms with van der Waals surface area (Å²) in [7, 11) is 0. The minimum absolute atomic E-state index is 0.123. The van der Waals surface area contributed by atoms with Crippen molar-refractivity contribution in [1.29, 1.82) is 0 Å². The highest BCUT2D eigenvalue weighted by Crippen LogP contribution is 2.30. The number of para-hydroxylation sites is 1. The topological polar surface area (TPSA) is 114 Å². The zero-order valence-electron chi connectivity index (χ0n) is 19.0. The molecular formula is C26H20N6O3S. The zero-order chi connectivity index (χ0) is 24.6. The van der Waals surface area contributed by atoms with E-state index in [2.05, 4.69) is 15.5 Å². The molecule has 2 aromatic carbocycles. The average molecular weight is 497 g/mol. The minimum Gasteiger partial charge on any atom is -0.480 e. The molecule has 36 heavy (non-hydrogen) atoms. The van der Waals surface area contributed by atoms with Crippen molar-refractivity contribution in [2.75, 3.05) is 0 Å². The van der Waals surface area contributed by atoms with Crippen LogP contribution in [0.3, 0.4) is 0 Å². The van der Waals surface area contributed by atoms with Crippen molar-refractivity contribution < 1.29 is 14.7 Å². The van der Waals surface area contributed by atoms with Gasteiger partial charge in [-0.3, -0.25) is 19.1 Å². The number of nitrogens with one attached hydrogen (secondary N) is 1. The van der Waals surface area contributed by atoms with Crippen LogP contribution >= 0.6 is 11.3 Å². The van der Waals surface area contributed by atoms with Gasteiger partial charge in [0.1, 0.15) is 23.8 Å². The summed E-state index contributed by atoms with van der Waals surface area (Å²) >= 11 is 1.56. The van der Waals surface area contributed by atoms with Crippen molar-refractivity contribution in [3.63, 3.8) is 0 Å². The number of nitrogens with zero attached hydrogens (tertiary/aromatic N) is 5. The number of rotatable bonds is 6. The number of carboxylic acids is 1. The van der Waals surface area contributed by atoms with Crippen LogP contribution in [0.2, 0.25) is 0 Å². The molecule has 10 heteroatoms. The summed E-state index contributed by atoms with van der Waals surface area (Å²) in [6.07, 6.45) is 0. The van der Waals surface area contributed by atoms with Gasteiger partial charge in [0.25, 0.3) is 5.91 Å². The molecule has 1 amide bonds. The second-order valence-corrected chi connectivity index (χ2v) is 9.18. The maximum atomic E-state index is 13.2. The summed E-state index contributed by atoms with van der Waals surface area (Å²) in [5.41, 5.74) is 3.87. The lowest BCUT2D eigenvalue weighted by molar-refractivity contribution is -0.137. The second-order valence-electron chi connectivity index (χ2n) is 8.29. The van der Waals surface area contributed by atoms with Crippen LogP contribution in [0.1, 0.15) is 33.3 Å². The first-order valence-electron chi connectivity index (χ1n) is 11.3. The van der Waals surface area contributed by atoms with E-state index in [1.807, 2.05) is 64.5 Å². The molecule has 0 unspecified atom stereocenters. The quantitative estimate of drug-likeness (QED) is 0.372. The molecule has 6 rings (SSSR count). The normalized spacial score (nSPS) is 12.5. The molecule has 0 radical (unpaired) electrons. The van der Waals surface area contributed by atoms with Crippen LogP contribution in [0.5, 0.6) is 0 Å². The summed E-state index contributed by atoms with van der Waals surface area (Å²) in [5, 5.41) is 24.7. The van der Waals surface area contributed by atoms with E-state index in [9.17, 15) is 14.7 Å². The molecule has 1 aliphatic rings. The Morgan fingerprint density at radius 3 is 2.67 bits per heavy atom. The Labute approximate surface area is 209 Å². The van der Waals surface area contributed by atoms with Crippen LogP contribution in [0.4, 0.5) is 0 Å². The molecule has 3 aromatic heterocycles. The van der Waals surface area contributed by atoms with Crippen LogP contribution in [-0.2, 0) is 24.4 Å². The Balaban J connectivity index is 1.30. The lowest BCUT2D eigenvalue weighted by Crippen LogP contribution is -2.27. The van der Waals surface area contributed by atoms with Gasteiger partial charge in [0.15, 0.2) is 11.6 Å². The number of thiophene rings is 1. The number of hydrogen-bond acceptors (Lipinski definition) is 6. The predicted octanol–water partition coefficient (Wildman–Crippen LogP) is 3.65. The zero-order valence-corrected chi connectivity index (χ0v) is 19.8. The third-order valence-corrected chi connectivity index (χ3v) is 6.97. The van der Waals surface area contributed by atoms with Gasteiger partial charge >= 0.3 is 5.97 Å². The lowest BCUT2D eigenvalue weighted by atomic mass is 10.0. The number of aliphatic carboxylic acids is 1. The van der Waals surface area contributed by atoms with E-state index in [1.165, 1.54) is 4.57 Å². The number of carbonyl (C=O) groups excluding carboxylic acids is 1. The molecule has 2 N–H and O–H groups in total. The number of carboxylic acid groups (broad SMARTS) is 1. The van der Waals surface area contributed by atoms with Crippen molar-refractivity contribution in [3.8, 4) is 5.00 Å². The standard InChI is InChI=1S/C26H20N6O3S/c33-23(34)15-31-19-9-5-4-8-17(19)12-20(31)25(35)28-14-22-30-29-21-13-27-24(16-6-2-1-3-7-16)18-10-11-36-26(18)32(21)22/h1-12H,13-15H2,(H,28,35)(H,33,34). The van der Waals surface area contributed by atoms with E-state index in [1.54, 1.807) is 23.5 Å². The Kier molecular flexibility index (Phi) is 5.42. The number of amides is 1. The lowest BCUT2D eigenvalue weighted by Gasteiger charge is -2.11. The van der Waals surface area contributed by atoms with Crippen molar-refractivity contribution in [3.05, 3.63) is 101 Å². The third-order valence-electron chi connectivity index (χ3n) is 6.07. The third kappa shape index (κ3) is 3.77. The van der Waals surface area contributed by atoms with E-state index < -0.39 is 5.97 Å². The van der Waals surface area contributed by atoms with Gasteiger partial charge < -0.3 is 15.0 Å². The van der Waals surface area contributed by atoms with Crippen LogP contribution in [0, 0.1) is 0 Å². The van der Waals surface area contributed by atoms with Gasteiger partial charge in [-0.25, -0.2) is 0 Å². The molecule has 0 aliphatic carbocycles. The van der Waals surface area contributed by atoms with E-state index >= 15 is 0 Å². The number of fused-ring (bicyclic) bond motifs is 4. The SMILES string of the molecule is O=C(O)Cn1c(C(=O)NCc2nnc3n2-c2sccc2C(c2ccccc2)=NC3)cc2ccccc21. The molecule has 1 aliphatic heterocycles. The number of hydrogen-bond donors (Lipinski definition) is 2. The fourth-order valence-corrected chi connectivity index (χ4v) is 5.43. The van der Waals surface area contributed by atoms with Crippen molar-refractivity contribution >= 4 is 39.8 Å². The van der Waals surface area contributed by atoms with Crippen LogP contribution < -0.4 is 5.32 Å². The second kappa shape index (κ2) is 8.90. The van der Waals surface area contributed by atoms with Gasteiger partial charge in [0.05, 0.1) is 12.3 Å². The molecule has 0 saturated heterocycles. The van der Waals surface area contributed by atoms with Crippen LogP contribution in [0.15, 0.2) is 77.1 Å². The van der Waals surface area contributed by atoms with Crippen LogP contribution in [0.25, 0.3) is 15.9 Å². The first-order valence-corrected chi connectivity index (χ1v) is 12.2. The van der Waals surface area contributed by atoms with E-state index in [0.29, 0.717) is 23.7 Å². The monoisotopic (exact) mass is 496 g/mol. The summed E-state index contributed by atoms with van der Waals surface area (Å²) in [6, 6.07) is 21.1. The van der Waals surface area contributed by atoms with Gasteiger partial charge in [0.2, 0.25) is 0 Å². The molecule has 0 saturated carbocycles. The van der Waals surface area contributed by atoms with Gasteiger partial charge in [-0.2, -0.15) is 0 Å². The van der Waals surface area contributed by atoms with Gasteiger partial charge in [0, 0.05) is 22.0 Å². The number of carbonyl (C=O) groups is 2. The highest BCUT2D eigenvalue weighted by Gasteiger charge is 2.25. The molecule has 9 nitrogen and oxygen atoms in total.